The molecule has 8 aromatic rings. The first-order valence-corrected chi connectivity index (χ1v) is 12.8. The maximum Gasteiger partial charge on any atom is 0.0620 e. The molecule has 0 radical (unpaired) electrons. The molecule has 0 spiro atoms. The molecule has 3 heterocycles. The zero-order valence-electron chi connectivity index (χ0n) is 20.6. The van der Waals surface area contributed by atoms with Crippen LogP contribution in [-0.4, -0.2) is 8.97 Å². The minimum atomic E-state index is -0.0874. The summed E-state index contributed by atoms with van der Waals surface area (Å²) in [6.07, 6.45) is 0. The van der Waals surface area contributed by atoms with Crippen molar-refractivity contribution in [1.29, 1.82) is 0 Å². The summed E-state index contributed by atoms with van der Waals surface area (Å²) in [5.41, 5.74) is 12.0. The zero-order chi connectivity index (χ0) is 23.9. The Kier molecular flexibility index (Phi) is 3.11. The van der Waals surface area contributed by atoms with Gasteiger partial charge in [-0.15, -0.1) is 0 Å². The maximum absolute atomic E-state index is 2.53. The lowest BCUT2D eigenvalue weighted by molar-refractivity contribution is 0.667. The fourth-order valence-corrected chi connectivity index (χ4v) is 7.57. The summed E-state index contributed by atoms with van der Waals surface area (Å²) < 4.78 is 4.94. The monoisotopic (exact) mass is 460 g/mol. The Morgan fingerprint density at radius 1 is 0.556 bits per heavy atom. The van der Waals surface area contributed by atoms with Gasteiger partial charge >= 0.3 is 0 Å². The minimum absolute atomic E-state index is 0.0874. The average Bonchev–Trinajstić information content (AvgIpc) is 3.44. The number of hydrogen-bond donors (Lipinski definition) is 0. The molecule has 0 amide bonds. The summed E-state index contributed by atoms with van der Waals surface area (Å²) in [7, 11) is 2.23. The van der Waals surface area contributed by atoms with Crippen LogP contribution in [0.3, 0.4) is 0 Å². The van der Waals surface area contributed by atoms with Gasteiger partial charge in [-0.2, -0.15) is 0 Å². The quantitative estimate of drug-likeness (QED) is 0.214. The highest BCUT2D eigenvalue weighted by molar-refractivity contribution is 6.32. The Labute approximate surface area is 208 Å². The molecule has 0 atom stereocenters. The van der Waals surface area contributed by atoms with Crippen molar-refractivity contribution in [3.05, 3.63) is 102 Å². The molecular weight excluding hydrogens is 436 g/mol. The molecule has 0 bridgehead atoms. The third-order valence-corrected chi connectivity index (χ3v) is 9.02. The normalized spacial score (nSPS) is 14.8. The molecule has 36 heavy (non-hydrogen) atoms. The third-order valence-electron chi connectivity index (χ3n) is 9.02. The van der Waals surface area contributed by atoms with E-state index in [0.29, 0.717) is 0 Å². The standard InChI is InChI=1S/C34H24N2/c1-34(2)24-14-6-4-10-19(24)23-18-28-31-29(32(23)34)22-13-8-12-21-20-11-5-7-15-25(20)36(33(21)22)27-17-9-16-26(30(27)31)35(28)3/h4-18H,1-3H3. The van der Waals surface area contributed by atoms with Crippen molar-refractivity contribution < 1.29 is 0 Å². The Bertz CT molecular complexity index is 2240. The van der Waals surface area contributed by atoms with Gasteiger partial charge in [0.1, 0.15) is 0 Å². The van der Waals surface area contributed by atoms with E-state index in [2.05, 4.69) is 121 Å². The summed E-state index contributed by atoms with van der Waals surface area (Å²) in [6, 6.07) is 34.1. The predicted octanol–water partition coefficient (Wildman–Crippen LogP) is 8.79. The molecule has 0 saturated carbocycles. The number of hydrogen-bond acceptors (Lipinski definition) is 0. The number of para-hydroxylation sites is 2. The largest absolute Gasteiger partial charge is 0.344 e. The number of benzene rings is 5. The zero-order valence-corrected chi connectivity index (χ0v) is 20.6. The first-order chi connectivity index (χ1) is 17.6. The summed E-state index contributed by atoms with van der Waals surface area (Å²) in [4.78, 5) is 0. The minimum Gasteiger partial charge on any atom is -0.344 e. The van der Waals surface area contributed by atoms with Crippen LogP contribution in [0.1, 0.15) is 25.0 Å². The highest BCUT2D eigenvalue weighted by atomic mass is 15.0. The second kappa shape index (κ2) is 5.91. The summed E-state index contributed by atoms with van der Waals surface area (Å²) in [5.74, 6) is 0. The fourth-order valence-electron chi connectivity index (χ4n) is 7.57. The van der Waals surface area contributed by atoms with Gasteiger partial charge in [0.15, 0.2) is 0 Å². The summed E-state index contributed by atoms with van der Waals surface area (Å²) in [6.45, 7) is 4.82. The fraction of sp³-hybridized carbons (Fsp3) is 0.118. The van der Waals surface area contributed by atoms with Gasteiger partial charge in [0.2, 0.25) is 0 Å². The van der Waals surface area contributed by atoms with Crippen LogP contribution in [0.25, 0.3) is 71.0 Å². The van der Waals surface area contributed by atoms with E-state index in [1.54, 1.807) is 0 Å². The van der Waals surface area contributed by atoms with Crippen molar-refractivity contribution in [2.75, 3.05) is 0 Å². The van der Waals surface area contributed by atoms with Crippen LogP contribution in [0, 0.1) is 0 Å². The van der Waals surface area contributed by atoms with Crippen LogP contribution in [0.15, 0.2) is 91.0 Å². The molecule has 0 aliphatic heterocycles. The second-order valence-corrected chi connectivity index (χ2v) is 11.0. The molecule has 0 unspecified atom stereocenters. The number of rotatable bonds is 0. The highest BCUT2D eigenvalue weighted by Gasteiger charge is 2.38. The Morgan fingerprint density at radius 3 is 2.17 bits per heavy atom. The lowest BCUT2D eigenvalue weighted by atomic mass is 9.79. The maximum atomic E-state index is 2.53. The summed E-state index contributed by atoms with van der Waals surface area (Å²) >= 11 is 0. The second-order valence-electron chi connectivity index (χ2n) is 11.0. The Balaban J connectivity index is 1.74. The van der Waals surface area contributed by atoms with Gasteiger partial charge in [-0.25, -0.2) is 0 Å². The molecule has 0 fully saturated rings. The van der Waals surface area contributed by atoms with Gasteiger partial charge in [0.05, 0.1) is 27.6 Å². The van der Waals surface area contributed by atoms with Gasteiger partial charge in [0, 0.05) is 39.4 Å². The molecule has 2 nitrogen and oxygen atoms in total. The van der Waals surface area contributed by atoms with E-state index in [4.69, 9.17) is 0 Å². The average molecular weight is 461 g/mol. The van der Waals surface area contributed by atoms with Gasteiger partial charge in [-0.1, -0.05) is 80.6 Å². The van der Waals surface area contributed by atoms with Crippen molar-refractivity contribution in [3.63, 3.8) is 0 Å². The van der Waals surface area contributed by atoms with E-state index in [9.17, 15) is 0 Å². The van der Waals surface area contributed by atoms with Crippen LogP contribution in [0.5, 0.6) is 0 Å². The van der Waals surface area contributed by atoms with E-state index >= 15 is 0 Å². The molecule has 9 rings (SSSR count). The van der Waals surface area contributed by atoms with E-state index in [-0.39, 0.29) is 5.41 Å². The molecule has 3 aromatic heterocycles. The van der Waals surface area contributed by atoms with Crippen molar-refractivity contribution in [2.45, 2.75) is 19.3 Å². The van der Waals surface area contributed by atoms with E-state index in [1.165, 1.54) is 82.2 Å². The van der Waals surface area contributed by atoms with E-state index in [0.717, 1.165) is 0 Å². The van der Waals surface area contributed by atoms with Gasteiger partial charge < -0.3 is 8.97 Å². The molecular formula is C34H24N2. The Hall–Kier alpha value is -4.30. The Morgan fingerprint density at radius 2 is 1.25 bits per heavy atom. The van der Waals surface area contributed by atoms with Gasteiger partial charge in [-0.05, 0) is 51.9 Å². The molecule has 2 heteroatoms. The first kappa shape index (κ1) is 19.0. The number of nitrogens with zero attached hydrogens (tertiary/aromatic N) is 2. The highest BCUT2D eigenvalue weighted by Crippen LogP contribution is 2.55. The van der Waals surface area contributed by atoms with Crippen molar-refractivity contribution in [3.8, 4) is 11.1 Å². The lowest BCUT2D eigenvalue weighted by Gasteiger charge is -2.23. The van der Waals surface area contributed by atoms with Crippen LogP contribution < -0.4 is 0 Å². The van der Waals surface area contributed by atoms with Gasteiger partial charge in [-0.3, -0.25) is 0 Å². The van der Waals surface area contributed by atoms with Crippen molar-refractivity contribution >= 4 is 59.9 Å². The van der Waals surface area contributed by atoms with Crippen LogP contribution in [0.2, 0.25) is 0 Å². The topological polar surface area (TPSA) is 9.34 Å². The SMILES string of the molecule is Cn1c2cc3c(c4c5cccc6c7ccccc7n(c7cccc1c7c42)c65)C(C)(C)c1ccccc1-3. The van der Waals surface area contributed by atoms with Crippen LogP contribution in [-0.2, 0) is 12.5 Å². The van der Waals surface area contributed by atoms with Gasteiger partial charge in [0.25, 0.3) is 0 Å². The number of fused-ring (bicyclic) bond motifs is 9. The van der Waals surface area contributed by atoms with Crippen LogP contribution >= 0.6 is 0 Å². The molecule has 5 aromatic carbocycles. The molecule has 1 aliphatic rings. The first-order valence-electron chi connectivity index (χ1n) is 12.8. The number of aromatic nitrogens is 2. The lowest BCUT2D eigenvalue weighted by Crippen LogP contribution is -2.15. The molecule has 0 N–H and O–H groups in total. The van der Waals surface area contributed by atoms with E-state index in [1.807, 2.05) is 0 Å². The third kappa shape index (κ3) is 1.89. The van der Waals surface area contributed by atoms with Crippen LogP contribution in [0.4, 0.5) is 0 Å². The van der Waals surface area contributed by atoms with Crippen molar-refractivity contribution in [2.24, 2.45) is 7.05 Å². The molecule has 170 valence electrons. The molecule has 1 aliphatic carbocycles. The predicted molar refractivity (Wildman–Crippen MR) is 153 cm³/mol. The number of aryl methyl sites for hydroxylation is 1. The smallest absolute Gasteiger partial charge is 0.0620 e. The van der Waals surface area contributed by atoms with E-state index < -0.39 is 0 Å². The summed E-state index contributed by atoms with van der Waals surface area (Å²) in [5, 5.41) is 8.15. The molecule has 0 saturated heterocycles. The van der Waals surface area contributed by atoms with Crippen molar-refractivity contribution in [1.82, 2.24) is 8.97 Å².